The first-order chi connectivity index (χ1) is 13.0. The van der Waals surface area contributed by atoms with E-state index in [1.807, 2.05) is 36.4 Å². The molecule has 0 saturated heterocycles. The van der Waals surface area contributed by atoms with Crippen LogP contribution in [0.3, 0.4) is 0 Å². The molecule has 0 aliphatic heterocycles. The molecule has 0 radical (unpaired) electrons. The van der Waals surface area contributed by atoms with Crippen molar-refractivity contribution in [2.45, 2.75) is 0 Å². The van der Waals surface area contributed by atoms with E-state index in [1.54, 1.807) is 18.2 Å². The van der Waals surface area contributed by atoms with Crippen LogP contribution in [0.1, 0.15) is 10.4 Å². The first-order valence-electron chi connectivity index (χ1n) is 8.17. The Morgan fingerprint density at radius 2 is 1.78 bits per heavy atom. The summed E-state index contributed by atoms with van der Waals surface area (Å²) in [5.74, 6) is -0.113. The molecule has 4 rings (SSSR count). The van der Waals surface area contributed by atoms with Gasteiger partial charge >= 0.3 is 5.63 Å². The Hall–Kier alpha value is -3.12. The summed E-state index contributed by atoms with van der Waals surface area (Å²) < 4.78 is 11.3. The zero-order valence-corrected chi connectivity index (χ0v) is 15.9. The zero-order valence-electron chi connectivity index (χ0n) is 14.3. The van der Waals surface area contributed by atoms with Crippen molar-refractivity contribution in [1.29, 1.82) is 0 Å². The van der Waals surface area contributed by atoms with Gasteiger partial charge in [0.15, 0.2) is 11.3 Å². The summed E-state index contributed by atoms with van der Waals surface area (Å²) in [5.41, 5.74) is 0.107. The predicted molar refractivity (Wildman–Crippen MR) is 109 cm³/mol. The highest BCUT2D eigenvalue weighted by Gasteiger charge is 2.16. The van der Waals surface area contributed by atoms with E-state index < -0.39 is 11.5 Å². The van der Waals surface area contributed by atoms with Crippen molar-refractivity contribution in [1.82, 2.24) is 0 Å². The lowest BCUT2D eigenvalue weighted by molar-refractivity contribution is 0.102. The number of halogens is 1. The number of rotatable bonds is 3. The SMILES string of the molecule is COc1cc(Br)cc2cc(C(=O)Nc3ccc4ccccc4c3)c(=O)oc12. The molecule has 0 fully saturated rings. The van der Waals surface area contributed by atoms with Gasteiger partial charge in [-0.3, -0.25) is 4.79 Å². The summed E-state index contributed by atoms with van der Waals surface area (Å²) in [6.07, 6.45) is 0. The fourth-order valence-electron chi connectivity index (χ4n) is 2.94. The lowest BCUT2D eigenvalue weighted by Crippen LogP contribution is -2.20. The van der Waals surface area contributed by atoms with Gasteiger partial charge in [-0.05, 0) is 41.1 Å². The predicted octanol–water partition coefficient (Wildman–Crippen LogP) is 4.97. The van der Waals surface area contributed by atoms with Gasteiger partial charge in [-0.15, -0.1) is 0 Å². The zero-order chi connectivity index (χ0) is 19.0. The van der Waals surface area contributed by atoms with Gasteiger partial charge in [0.25, 0.3) is 5.91 Å². The largest absolute Gasteiger partial charge is 0.493 e. The normalized spacial score (nSPS) is 10.9. The van der Waals surface area contributed by atoms with Crippen LogP contribution in [0.15, 0.2) is 74.3 Å². The molecule has 0 aliphatic carbocycles. The second-order valence-corrected chi connectivity index (χ2v) is 6.91. The van der Waals surface area contributed by atoms with E-state index in [2.05, 4.69) is 21.2 Å². The molecule has 134 valence electrons. The summed E-state index contributed by atoms with van der Waals surface area (Å²) in [4.78, 5) is 25.0. The van der Waals surface area contributed by atoms with Gasteiger partial charge in [0.2, 0.25) is 0 Å². The van der Waals surface area contributed by atoms with Crippen LogP contribution in [0.4, 0.5) is 5.69 Å². The number of nitrogens with one attached hydrogen (secondary N) is 1. The third-order valence-corrected chi connectivity index (χ3v) is 4.69. The Bertz CT molecular complexity index is 1250. The van der Waals surface area contributed by atoms with E-state index in [0.29, 0.717) is 22.4 Å². The Balaban J connectivity index is 1.73. The molecule has 6 heteroatoms. The van der Waals surface area contributed by atoms with Crippen molar-refractivity contribution in [3.8, 4) is 5.75 Å². The highest BCUT2D eigenvalue weighted by atomic mass is 79.9. The van der Waals surface area contributed by atoms with Crippen molar-refractivity contribution < 1.29 is 13.9 Å². The number of hydrogen-bond donors (Lipinski definition) is 1. The Morgan fingerprint density at radius 3 is 2.56 bits per heavy atom. The number of fused-ring (bicyclic) bond motifs is 2. The summed E-state index contributed by atoms with van der Waals surface area (Å²) >= 11 is 3.38. The number of hydrogen-bond acceptors (Lipinski definition) is 4. The van der Waals surface area contributed by atoms with Gasteiger partial charge in [0.05, 0.1) is 7.11 Å². The highest BCUT2D eigenvalue weighted by molar-refractivity contribution is 9.10. The van der Waals surface area contributed by atoms with Gasteiger partial charge < -0.3 is 14.5 Å². The topological polar surface area (TPSA) is 68.5 Å². The molecular weight excluding hydrogens is 410 g/mol. The van der Waals surface area contributed by atoms with Crippen molar-refractivity contribution >= 4 is 49.3 Å². The maximum atomic E-state index is 12.6. The third kappa shape index (κ3) is 3.31. The minimum absolute atomic E-state index is 0.0733. The monoisotopic (exact) mass is 423 g/mol. The molecule has 1 N–H and O–H groups in total. The molecule has 4 aromatic rings. The molecule has 5 nitrogen and oxygen atoms in total. The summed E-state index contributed by atoms with van der Waals surface area (Å²) in [6, 6.07) is 18.3. The maximum Gasteiger partial charge on any atom is 0.349 e. The summed E-state index contributed by atoms with van der Waals surface area (Å²) in [5, 5.41) is 5.41. The van der Waals surface area contributed by atoms with Crippen LogP contribution >= 0.6 is 15.9 Å². The number of anilines is 1. The fraction of sp³-hybridized carbons (Fsp3) is 0.0476. The Labute approximate surface area is 162 Å². The van der Waals surface area contributed by atoms with Crippen LogP contribution in [-0.2, 0) is 0 Å². The molecule has 0 saturated carbocycles. The number of amides is 1. The van der Waals surface area contributed by atoms with E-state index in [9.17, 15) is 9.59 Å². The lowest BCUT2D eigenvalue weighted by atomic mass is 10.1. The van der Waals surface area contributed by atoms with Crippen molar-refractivity contribution in [2.75, 3.05) is 12.4 Å². The average molecular weight is 424 g/mol. The first kappa shape index (κ1) is 17.3. The number of benzene rings is 3. The molecule has 0 atom stereocenters. The number of ether oxygens (including phenoxy) is 1. The first-order valence-corrected chi connectivity index (χ1v) is 8.96. The molecule has 1 aromatic heterocycles. The smallest absolute Gasteiger partial charge is 0.349 e. The van der Waals surface area contributed by atoms with Crippen molar-refractivity contribution in [2.24, 2.45) is 0 Å². The molecule has 3 aromatic carbocycles. The second-order valence-electron chi connectivity index (χ2n) is 5.99. The van der Waals surface area contributed by atoms with Gasteiger partial charge in [0.1, 0.15) is 5.56 Å². The Kier molecular flexibility index (Phi) is 4.41. The molecule has 0 spiro atoms. The van der Waals surface area contributed by atoms with E-state index >= 15 is 0 Å². The average Bonchev–Trinajstić information content (AvgIpc) is 2.67. The maximum absolute atomic E-state index is 12.6. The van der Waals surface area contributed by atoms with E-state index in [-0.39, 0.29) is 5.56 Å². The van der Waals surface area contributed by atoms with Gasteiger partial charge in [-0.2, -0.15) is 0 Å². The lowest BCUT2D eigenvalue weighted by Gasteiger charge is -2.08. The number of carbonyl (C=O) groups excluding carboxylic acids is 1. The van der Waals surface area contributed by atoms with E-state index in [1.165, 1.54) is 13.2 Å². The minimum Gasteiger partial charge on any atom is -0.493 e. The third-order valence-electron chi connectivity index (χ3n) is 4.23. The van der Waals surface area contributed by atoms with Crippen LogP contribution in [0.25, 0.3) is 21.7 Å². The second kappa shape index (κ2) is 6.89. The van der Waals surface area contributed by atoms with Crippen LogP contribution in [0.5, 0.6) is 5.75 Å². The molecule has 0 bridgehead atoms. The van der Waals surface area contributed by atoms with E-state index in [0.717, 1.165) is 15.2 Å². The van der Waals surface area contributed by atoms with Crippen LogP contribution < -0.4 is 15.7 Å². The fourth-order valence-corrected chi connectivity index (χ4v) is 3.40. The molecular formula is C21H14BrNO4. The van der Waals surface area contributed by atoms with Crippen LogP contribution in [0, 0.1) is 0 Å². The van der Waals surface area contributed by atoms with Crippen LogP contribution in [0.2, 0.25) is 0 Å². The molecule has 27 heavy (non-hydrogen) atoms. The highest BCUT2D eigenvalue weighted by Crippen LogP contribution is 2.29. The van der Waals surface area contributed by atoms with Crippen molar-refractivity contribution in [3.63, 3.8) is 0 Å². The van der Waals surface area contributed by atoms with Crippen molar-refractivity contribution in [3.05, 3.63) is 81.1 Å². The Morgan fingerprint density at radius 1 is 1.00 bits per heavy atom. The molecule has 0 aliphatic rings. The standard InChI is InChI=1S/C21H14BrNO4/c1-26-18-11-15(22)8-14-10-17(21(25)27-19(14)18)20(24)23-16-7-6-12-4-2-3-5-13(12)9-16/h2-11H,1H3,(H,23,24). The molecule has 1 heterocycles. The summed E-state index contributed by atoms with van der Waals surface area (Å²) in [6.45, 7) is 0. The number of methoxy groups -OCH3 is 1. The summed E-state index contributed by atoms with van der Waals surface area (Å²) in [7, 11) is 1.49. The van der Waals surface area contributed by atoms with Crippen LogP contribution in [-0.4, -0.2) is 13.0 Å². The minimum atomic E-state index is -0.721. The van der Waals surface area contributed by atoms with Gasteiger partial charge in [-0.25, -0.2) is 4.79 Å². The molecule has 1 amide bonds. The number of carbonyl (C=O) groups is 1. The quantitative estimate of drug-likeness (QED) is 0.472. The van der Waals surface area contributed by atoms with E-state index in [4.69, 9.17) is 9.15 Å². The molecule has 0 unspecified atom stereocenters. The van der Waals surface area contributed by atoms with Gasteiger partial charge in [-0.1, -0.05) is 46.3 Å². The van der Waals surface area contributed by atoms with Gasteiger partial charge in [0, 0.05) is 15.5 Å².